The van der Waals surface area contributed by atoms with E-state index in [0.717, 1.165) is 12.1 Å². The van der Waals surface area contributed by atoms with Crippen LogP contribution in [-0.4, -0.2) is 5.11 Å². The number of anilines is 1. The monoisotopic (exact) mass is 255 g/mol. The van der Waals surface area contributed by atoms with E-state index in [1.807, 2.05) is 12.1 Å². The Kier molecular flexibility index (Phi) is 4.58. The summed E-state index contributed by atoms with van der Waals surface area (Å²) in [6, 6.07) is 16.5. The summed E-state index contributed by atoms with van der Waals surface area (Å²) in [6.45, 7) is 5.31. The fourth-order valence-electron chi connectivity index (χ4n) is 2.12. The molecule has 2 nitrogen and oxygen atoms in total. The summed E-state index contributed by atoms with van der Waals surface area (Å²) in [5, 5.41) is 12.5. The predicted molar refractivity (Wildman–Crippen MR) is 80.2 cm³/mol. The molecule has 2 aromatic rings. The van der Waals surface area contributed by atoms with Gasteiger partial charge in [-0.25, -0.2) is 0 Å². The molecule has 0 aliphatic carbocycles. The normalized spacial score (nSPS) is 10.7. The van der Waals surface area contributed by atoms with E-state index in [4.69, 9.17) is 5.11 Å². The number of hydrogen-bond acceptors (Lipinski definition) is 2. The Balaban J connectivity index is 2.05. The Bertz CT molecular complexity index is 517. The van der Waals surface area contributed by atoms with Crippen molar-refractivity contribution >= 4 is 5.69 Å². The molecule has 0 aromatic heterocycles. The minimum atomic E-state index is 0.101. The van der Waals surface area contributed by atoms with Crippen molar-refractivity contribution in [3.05, 3.63) is 65.2 Å². The van der Waals surface area contributed by atoms with Gasteiger partial charge in [-0.2, -0.15) is 0 Å². The number of benzene rings is 2. The third-order valence-corrected chi connectivity index (χ3v) is 3.27. The molecular weight excluding hydrogens is 234 g/mol. The van der Waals surface area contributed by atoms with Gasteiger partial charge in [-0.05, 0) is 28.7 Å². The van der Waals surface area contributed by atoms with Crippen LogP contribution in [0, 0.1) is 0 Å². The van der Waals surface area contributed by atoms with Crippen molar-refractivity contribution in [3.8, 4) is 0 Å². The molecule has 19 heavy (non-hydrogen) atoms. The van der Waals surface area contributed by atoms with Crippen molar-refractivity contribution in [3.63, 3.8) is 0 Å². The van der Waals surface area contributed by atoms with Crippen LogP contribution in [0.2, 0.25) is 0 Å². The standard InChI is InChI=1S/C17H21NO/c1-13(2)16-5-3-4-6-17(16)18-11-14-7-9-15(12-19)10-8-14/h3-10,13,18-19H,11-12H2,1-2H3. The van der Waals surface area contributed by atoms with Gasteiger partial charge in [-0.15, -0.1) is 0 Å². The number of para-hydroxylation sites is 1. The molecule has 2 rings (SSSR count). The second kappa shape index (κ2) is 6.39. The van der Waals surface area contributed by atoms with Crippen molar-refractivity contribution in [1.82, 2.24) is 0 Å². The minimum absolute atomic E-state index is 0.101. The van der Waals surface area contributed by atoms with E-state index in [9.17, 15) is 0 Å². The summed E-state index contributed by atoms with van der Waals surface area (Å²) in [5.74, 6) is 0.514. The van der Waals surface area contributed by atoms with Crippen molar-refractivity contribution in [2.75, 3.05) is 5.32 Å². The third kappa shape index (κ3) is 3.58. The first-order valence-electron chi connectivity index (χ1n) is 6.72. The lowest BCUT2D eigenvalue weighted by Crippen LogP contribution is -2.03. The highest BCUT2D eigenvalue weighted by Gasteiger charge is 2.05. The molecule has 0 fully saturated rings. The maximum atomic E-state index is 9.02. The first kappa shape index (κ1) is 13.6. The van der Waals surface area contributed by atoms with Gasteiger partial charge in [0.05, 0.1) is 6.61 Å². The van der Waals surface area contributed by atoms with E-state index >= 15 is 0 Å². The zero-order chi connectivity index (χ0) is 13.7. The molecule has 0 saturated heterocycles. The lowest BCUT2D eigenvalue weighted by Gasteiger charge is -2.14. The van der Waals surface area contributed by atoms with Crippen LogP contribution in [0.15, 0.2) is 48.5 Å². The fraction of sp³-hybridized carbons (Fsp3) is 0.294. The van der Waals surface area contributed by atoms with Gasteiger partial charge in [0.1, 0.15) is 0 Å². The second-order valence-corrected chi connectivity index (χ2v) is 5.07. The predicted octanol–water partition coefficient (Wildman–Crippen LogP) is 3.91. The van der Waals surface area contributed by atoms with E-state index in [1.54, 1.807) is 0 Å². The highest BCUT2D eigenvalue weighted by Crippen LogP contribution is 2.24. The zero-order valence-electron chi connectivity index (χ0n) is 11.6. The van der Waals surface area contributed by atoms with Crippen molar-refractivity contribution < 1.29 is 5.11 Å². The van der Waals surface area contributed by atoms with Crippen LogP contribution in [0.5, 0.6) is 0 Å². The van der Waals surface area contributed by atoms with Crippen LogP contribution in [0.25, 0.3) is 0 Å². The third-order valence-electron chi connectivity index (χ3n) is 3.27. The van der Waals surface area contributed by atoms with Gasteiger partial charge in [0.15, 0.2) is 0 Å². The molecule has 0 radical (unpaired) electrons. The van der Waals surface area contributed by atoms with Crippen LogP contribution in [0.4, 0.5) is 5.69 Å². The van der Waals surface area contributed by atoms with Gasteiger partial charge in [0, 0.05) is 12.2 Å². The summed E-state index contributed by atoms with van der Waals surface area (Å²) in [4.78, 5) is 0. The van der Waals surface area contributed by atoms with Crippen LogP contribution >= 0.6 is 0 Å². The first-order chi connectivity index (χ1) is 9.20. The summed E-state index contributed by atoms with van der Waals surface area (Å²) in [7, 11) is 0. The van der Waals surface area contributed by atoms with Crippen molar-refractivity contribution in [2.45, 2.75) is 32.9 Å². The summed E-state index contributed by atoms with van der Waals surface area (Å²) >= 11 is 0. The maximum absolute atomic E-state index is 9.02. The molecule has 0 spiro atoms. The number of hydrogen-bond donors (Lipinski definition) is 2. The molecule has 0 bridgehead atoms. The van der Waals surface area contributed by atoms with Gasteiger partial charge >= 0.3 is 0 Å². The summed E-state index contributed by atoms with van der Waals surface area (Å²) in [6.07, 6.45) is 0. The van der Waals surface area contributed by atoms with Gasteiger partial charge in [-0.3, -0.25) is 0 Å². The molecule has 2 heteroatoms. The van der Waals surface area contributed by atoms with E-state index in [2.05, 4.69) is 55.6 Å². The molecule has 0 aliphatic rings. The van der Waals surface area contributed by atoms with Crippen LogP contribution in [-0.2, 0) is 13.2 Å². The molecule has 2 N–H and O–H groups in total. The fourth-order valence-corrected chi connectivity index (χ4v) is 2.12. The number of rotatable bonds is 5. The smallest absolute Gasteiger partial charge is 0.0681 e. The Morgan fingerprint density at radius 3 is 2.21 bits per heavy atom. The van der Waals surface area contributed by atoms with Crippen molar-refractivity contribution in [2.24, 2.45) is 0 Å². The van der Waals surface area contributed by atoms with Gasteiger partial charge < -0.3 is 10.4 Å². The van der Waals surface area contributed by atoms with Gasteiger partial charge in [0.25, 0.3) is 0 Å². The van der Waals surface area contributed by atoms with Gasteiger partial charge in [-0.1, -0.05) is 56.3 Å². The Labute approximate surface area is 115 Å². The SMILES string of the molecule is CC(C)c1ccccc1NCc1ccc(CO)cc1. The van der Waals surface area contributed by atoms with Crippen LogP contribution < -0.4 is 5.32 Å². The Morgan fingerprint density at radius 2 is 1.58 bits per heavy atom. The molecule has 0 unspecified atom stereocenters. The average molecular weight is 255 g/mol. The number of aliphatic hydroxyl groups is 1. The molecular formula is C17H21NO. The molecule has 0 atom stereocenters. The maximum Gasteiger partial charge on any atom is 0.0681 e. The number of aliphatic hydroxyl groups excluding tert-OH is 1. The zero-order valence-corrected chi connectivity index (χ0v) is 11.6. The highest BCUT2D eigenvalue weighted by molar-refractivity contribution is 5.52. The molecule has 0 amide bonds. The molecule has 0 heterocycles. The Hall–Kier alpha value is -1.80. The molecule has 0 saturated carbocycles. The molecule has 2 aromatic carbocycles. The van der Waals surface area contributed by atoms with E-state index in [-0.39, 0.29) is 6.61 Å². The average Bonchev–Trinajstić information content (AvgIpc) is 2.46. The summed E-state index contributed by atoms with van der Waals surface area (Å²) in [5.41, 5.74) is 4.71. The van der Waals surface area contributed by atoms with E-state index in [0.29, 0.717) is 5.92 Å². The molecule has 0 aliphatic heterocycles. The minimum Gasteiger partial charge on any atom is -0.392 e. The van der Waals surface area contributed by atoms with Gasteiger partial charge in [0.2, 0.25) is 0 Å². The Morgan fingerprint density at radius 1 is 0.947 bits per heavy atom. The van der Waals surface area contributed by atoms with E-state index in [1.165, 1.54) is 16.8 Å². The summed E-state index contributed by atoms with van der Waals surface area (Å²) < 4.78 is 0. The largest absolute Gasteiger partial charge is 0.392 e. The highest BCUT2D eigenvalue weighted by atomic mass is 16.3. The second-order valence-electron chi connectivity index (χ2n) is 5.07. The number of nitrogens with one attached hydrogen (secondary N) is 1. The molecule has 100 valence electrons. The van der Waals surface area contributed by atoms with E-state index < -0.39 is 0 Å². The topological polar surface area (TPSA) is 32.3 Å². The lowest BCUT2D eigenvalue weighted by atomic mass is 10.0. The lowest BCUT2D eigenvalue weighted by molar-refractivity contribution is 0.282. The van der Waals surface area contributed by atoms with Crippen molar-refractivity contribution in [1.29, 1.82) is 0 Å². The first-order valence-corrected chi connectivity index (χ1v) is 6.72. The quantitative estimate of drug-likeness (QED) is 0.849. The van der Waals surface area contributed by atoms with Crippen LogP contribution in [0.1, 0.15) is 36.5 Å². The van der Waals surface area contributed by atoms with Crippen LogP contribution in [0.3, 0.4) is 0 Å².